The van der Waals surface area contributed by atoms with Crippen LogP contribution in [0.25, 0.3) is 22.4 Å². The van der Waals surface area contributed by atoms with Gasteiger partial charge in [-0.25, -0.2) is 4.39 Å². The highest BCUT2D eigenvalue weighted by Gasteiger charge is 2.31. The van der Waals surface area contributed by atoms with Gasteiger partial charge in [0.05, 0.1) is 5.69 Å². The van der Waals surface area contributed by atoms with Gasteiger partial charge >= 0.3 is 6.36 Å². The number of halogens is 4. The molecule has 0 aliphatic heterocycles. The maximum absolute atomic E-state index is 14.5. The van der Waals surface area contributed by atoms with E-state index in [9.17, 15) is 17.6 Å². The third-order valence-electron chi connectivity index (χ3n) is 5.45. The van der Waals surface area contributed by atoms with E-state index in [0.717, 1.165) is 22.4 Å². The number of hydrogen-bond donors (Lipinski definition) is 1. The average molecular weight is 468 g/mol. The van der Waals surface area contributed by atoms with Crippen LogP contribution in [0.2, 0.25) is 0 Å². The Labute approximate surface area is 195 Å². The standard InChI is InChI=1S/C27H24F4N2O/c1-32-17-20-15-26(24-10-2-3-11-25(24)28)33(18-20)13-12-19-6-4-7-21(14-19)22-8-5-9-23(16-22)34-27(29,30)31/h2-11,14-16,18,32H,12-13,17H2,1H3. The van der Waals surface area contributed by atoms with E-state index in [2.05, 4.69) is 10.1 Å². The molecule has 4 aromatic rings. The lowest BCUT2D eigenvalue weighted by molar-refractivity contribution is -0.274. The van der Waals surface area contributed by atoms with Gasteiger partial charge in [-0.2, -0.15) is 0 Å². The zero-order valence-electron chi connectivity index (χ0n) is 18.6. The van der Waals surface area contributed by atoms with Gasteiger partial charge in [-0.05, 0) is 66.1 Å². The van der Waals surface area contributed by atoms with Crippen LogP contribution in [0.15, 0.2) is 85.1 Å². The van der Waals surface area contributed by atoms with E-state index < -0.39 is 6.36 Å². The zero-order chi connectivity index (χ0) is 24.1. The molecule has 0 fully saturated rings. The molecule has 0 aliphatic carbocycles. The van der Waals surface area contributed by atoms with Crippen LogP contribution in [0.1, 0.15) is 11.1 Å². The van der Waals surface area contributed by atoms with E-state index in [4.69, 9.17) is 0 Å². The summed E-state index contributed by atoms with van der Waals surface area (Å²) in [5, 5.41) is 3.12. The molecule has 0 unspecified atom stereocenters. The van der Waals surface area contributed by atoms with Crippen LogP contribution < -0.4 is 10.1 Å². The van der Waals surface area contributed by atoms with Crippen LogP contribution in [-0.2, 0) is 19.5 Å². The molecule has 7 heteroatoms. The summed E-state index contributed by atoms with van der Waals surface area (Å²) in [6.07, 6.45) is -2.05. The van der Waals surface area contributed by atoms with Gasteiger partial charge in [0.1, 0.15) is 11.6 Å². The van der Waals surface area contributed by atoms with Crippen molar-refractivity contribution >= 4 is 0 Å². The number of ether oxygens (including phenoxy) is 1. The summed E-state index contributed by atoms with van der Waals surface area (Å²) in [4.78, 5) is 0. The third-order valence-corrected chi connectivity index (χ3v) is 5.45. The normalized spacial score (nSPS) is 11.6. The van der Waals surface area contributed by atoms with E-state index in [0.29, 0.717) is 30.6 Å². The first-order valence-electron chi connectivity index (χ1n) is 10.9. The topological polar surface area (TPSA) is 26.2 Å². The van der Waals surface area contributed by atoms with Crippen molar-refractivity contribution in [1.29, 1.82) is 0 Å². The Morgan fingerprint density at radius 3 is 2.32 bits per heavy atom. The Hall–Kier alpha value is -3.58. The van der Waals surface area contributed by atoms with E-state index >= 15 is 0 Å². The van der Waals surface area contributed by atoms with Gasteiger partial charge in [0, 0.05) is 24.8 Å². The molecule has 1 N–H and O–H groups in total. The molecule has 3 nitrogen and oxygen atoms in total. The highest BCUT2D eigenvalue weighted by molar-refractivity contribution is 5.66. The van der Waals surface area contributed by atoms with Crippen molar-refractivity contribution < 1.29 is 22.3 Å². The number of benzene rings is 3. The summed E-state index contributed by atoms with van der Waals surface area (Å²) in [6, 6.07) is 22.3. The minimum Gasteiger partial charge on any atom is -0.406 e. The number of aryl methyl sites for hydroxylation is 2. The first kappa shape index (κ1) is 23.6. The SMILES string of the molecule is CNCc1cc(-c2ccccc2F)n(CCc2cccc(-c3cccc(OC(F)(F)F)c3)c2)c1. The minimum atomic E-state index is -4.74. The van der Waals surface area contributed by atoms with Crippen LogP contribution >= 0.6 is 0 Å². The number of alkyl halides is 3. The summed E-state index contributed by atoms with van der Waals surface area (Å²) in [7, 11) is 1.86. The Morgan fingerprint density at radius 1 is 0.853 bits per heavy atom. The highest BCUT2D eigenvalue weighted by atomic mass is 19.4. The summed E-state index contributed by atoms with van der Waals surface area (Å²) in [5.74, 6) is -0.532. The fraction of sp³-hybridized carbons (Fsp3) is 0.185. The predicted octanol–water partition coefficient (Wildman–Crippen LogP) is 6.82. The highest BCUT2D eigenvalue weighted by Crippen LogP contribution is 2.29. The smallest absolute Gasteiger partial charge is 0.406 e. The van der Waals surface area contributed by atoms with Gasteiger partial charge in [-0.1, -0.05) is 48.5 Å². The molecule has 0 atom stereocenters. The van der Waals surface area contributed by atoms with Crippen LogP contribution in [0.3, 0.4) is 0 Å². The molecule has 0 amide bonds. The fourth-order valence-electron chi connectivity index (χ4n) is 3.98. The summed E-state index contributed by atoms with van der Waals surface area (Å²) >= 11 is 0. The van der Waals surface area contributed by atoms with Crippen molar-refractivity contribution in [2.45, 2.75) is 25.9 Å². The number of rotatable bonds is 8. The Balaban J connectivity index is 1.56. The van der Waals surface area contributed by atoms with Gasteiger partial charge in [0.25, 0.3) is 0 Å². The number of nitrogens with one attached hydrogen (secondary N) is 1. The third kappa shape index (κ3) is 5.85. The Bertz CT molecular complexity index is 1260. The quantitative estimate of drug-likeness (QED) is 0.287. The van der Waals surface area contributed by atoms with Crippen LogP contribution in [0, 0.1) is 5.82 Å². The van der Waals surface area contributed by atoms with Crippen molar-refractivity contribution in [3.8, 4) is 28.1 Å². The second-order valence-corrected chi connectivity index (χ2v) is 7.96. The first-order valence-corrected chi connectivity index (χ1v) is 10.9. The summed E-state index contributed by atoms with van der Waals surface area (Å²) in [5.41, 5.74) is 4.84. The lowest BCUT2D eigenvalue weighted by Gasteiger charge is -2.12. The second kappa shape index (κ2) is 10.1. The van der Waals surface area contributed by atoms with Gasteiger partial charge < -0.3 is 14.6 Å². The molecule has 0 saturated carbocycles. The minimum absolute atomic E-state index is 0.255. The molecule has 34 heavy (non-hydrogen) atoms. The van der Waals surface area contributed by atoms with Crippen molar-refractivity contribution in [3.05, 3.63) is 102 Å². The van der Waals surface area contributed by atoms with E-state index in [1.807, 2.05) is 54.2 Å². The Kier molecular flexibility index (Phi) is 7.03. The van der Waals surface area contributed by atoms with Gasteiger partial charge in [0.2, 0.25) is 0 Å². The fourth-order valence-corrected chi connectivity index (χ4v) is 3.98. The molecular weight excluding hydrogens is 444 g/mol. The maximum Gasteiger partial charge on any atom is 0.573 e. The van der Waals surface area contributed by atoms with Crippen molar-refractivity contribution in [2.75, 3.05) is 7.05 Å². The molecule has 4 rings (SSSR count). The molecule has 3 aromatic carbocycles. The lowest BCUT2D eigenvalue weighted by Crippen LogP contribution is -2.17. The molecular formula is C27H24F4N2O. The number of nitrogens with zero attached hydrogens (tertiary/aromatic N) is 1. The second-order valence-electron chi connectivity index (χ2n) is 7.96. The predicted molar refractivity (Wildman–Crippen MR) is 125 cm³/mol. The molecule has 0 spiro atoms. The zero-order valence-corrected chi connectivity index (χ0v) is 18.6. The molecule has 0 bridgehead atoms. The van der Waals surface area contributed by atoms with Crippen molar-refractivity contribution in [3.63, 3.8) is 0 Å². The van der Waals surface area contributed by atoms with Crippen molar-refractivity contribution in [1.82, 2.24) is 9.88 Å². The summed E-state index contributed by atoms with van der Waals surface area (Å²) < 4.78 is 58.3. The Morgan fingerprint density at radius 2 is 1.59 bits per heavy atom. The molecule has 176 valence electrons. The largest absolute Gasteiger partial charge is 0.573 e. The molecule has 1 heterocycles. The average Bonchev–Trinajstić information content (AvgIpc) is 3.20. The number of aromatic nitrogens is 1. The van der Waals surface area contributed by atoms with Gasteiger partial charge in [-0.3, -0.25) is 0 Å². The van der Waals surface area contributed by atoms with Crippen LogP contribution in [-0.4, -0.2) is 18.0 Å². The van der Waals surface area contributed by atoms with Gasteiger partial charge in [-0.15, -0.1) is 13.2 Å². The molecule has 0 radical (unpaired) electrons. The lowest BCUT2D eigenvalue weighted by atomic mass is 10.0. The monoisotopic (exact) mass is 468 g/mol. The maximum atomic E-state index is 14.5. The summed E-state index contributed by atoms with van der Waals surface area (Å²) in [6.45, 7) is 1.29. The first-order chi connectivity index (χ1) is 16.3. The van der Waals surface area contributed by atoms with Crippen LogP contribution in [0.4, 0.5) is 17.6 Å². The molecule has 0 saturated heterocycles. The van der Waals surface area contributed by atoms with E-state index in [-0.39, 0.29) is 11.6 Å². The molecule has 0 aliphatic rings. The van der Waals surface area contributed by atoms with E-state index in [1.54, 1.807) is 18.2 Å². The number of hydrogen-bond acceptors (Lipinski definition) is 2. The molecule has 1 aromatic heterocycles. The van der Waals surface area contributed by atoms with Gasteiger partial charge in [0.15, 0.2) is 0 Å². The van der Waals surface area contributed by atoms with Crippen LogP contribution in [0.5, 0.6) is 5.75 Å². The van der Waals surface area contributed by atoms with Crippen molar-refractivity contribution in [2.24, 2.45) is 0 Å². The van der Waals surface area contributed by atoms with E-state index in [1.165, 1.54) is 24.3 Å².